The van der Waals surface area contributed by atoms with Gasteiger partial charge in [0.15, 0.2) is 0 Å². The van der Waals surface area contributed by atoms with E-state index >= 15 is 0 Å². The number of carbonyl (C=O) groups is 1. The summed E-state index contributed by atoms with van der Waals surface area (Å²) in [6.45, 7) is 1.81. The second-order valence-electron chi connectivity index (χ2n) is 3.28. The number of amides is 1. The fraction of sp³-hybridized carbons (Fsp3) is 0.889. The summed E-state index contributed by atoms with van der Waals surface area (Å²) in [6.07, 6.45) is 5.09. The van der Waals surface area contributed by atoms with E-state index in [1.807, 2.05) is 11.2 Å². The molecule has 4 heteroatoms. The first-order valence-electron chi connectivity index (χ1n) is 4.67. The summed E-state index contributed by atoms with van der Waals surface area (Å²) in [5.74, 6) is 1.10. The van der Waals surface area contributed by atoms with Crippen LogP contribution in [0.4, 0.5) is 0 Å². The predicted octanol–water partition coefficient (Wildman–Crippen LogP) is 1.97. The molecule has 0 N–H and O–H groups in total. The van der Waals surface area contributed by atoms with E-state index in [4.69, 9.17) is 11.6 Å². The monoisotopic (exact) mass is 221 g/mol. The van der Waals surface area contributed by atoms with Crippen molar-refractivity contribution in [1.82, 2.24) is 4.90 Å². The first-order chi connectivity index (χ1) is 6.25. The molecule has 1 unspecified atom stereocenters. The largest absolute Gasteiger partial charge is 0.341 e. The third-order valence-corrected chi connectivity index (χ3v) is 3.31. The molecule has 76 valence electrons. The lowest BCUT2D eigenvalue weighted by molar-refractivity contribution is -0.129. The third kappa shape index (κ3) is 3.39. The topological polar surface area (TPSA) is 20.3 Å². The van der Waals surface area contributed by atoms with Crippen LogP contribution in [-0.4, -0.2) is 41.3 Å². The number of carbonyl (C=O) groups excluding carboxylic acids is 1. The maximum absolute atomic E-state index is 11.6. The zero-order valence-electron chi connectivity index (χ0n) is 7.96. The van der Waals surface area contributed by atoms with E-state index in [-0.39, 0.29) is 11.3 Å². The zero-order valence-corrected chi connectivity index (χ0v) is 9.53. The van der Waals surface area contributed by atoms with Gasteiger partial charge in [-0.05, 0) is 31.3 Å². The van der Waals surface area contributed by atoms with Crippen LogP contribution < -0.4 is 0 Å². The standard InChI is InChI=1S/C9H16ClNOS/c1-13-7-4-8(10)9(12)11-5-2-3-6-11/h8H,2-7H2,1H3. The Balaban J connectivity index is 2.28. The third-order valence-electron chi connectivity index (χ3n) is 2.26. The van der Waals surface area contributed by atoms with Crippen LogP contribution in [0.25, 0.3) is 0 Å². The van der Waals surface area contributed by atoms with Crippen LogP contribution in [0.5, 0.6) is 0 Å². The molecule has 1 saturated heterocycles. The number of hydrogen-bond donors (Lipinski definition) is 0. The molecular formula is C9H16ClNOS. The molecule has 1 aliphatic rings. The Hall–Kier alpha value is 0.110. The lowest BCUT2D eigenvalue weighted by atomic mass is 10.3. The van der Waals surface area contributed by atoms with Crippen LogP contribution in [0.1, 0.15) is 19.3 Å². The van der Waals surface area contributed by atoms with E-state index in [9.17, 15) is 4.79 Å². The van der Waals surface area contributed by atoms with Crippen molar-refractivity contribution in [2.75, 3.05) is 25.1 Å². The lowest BCUT2D eigenvalue weighted by Crippen LogP contribution is -2.34. The number of thioether (sulfide) groups is 1. The van der Waals surface area contributed by atoms with E-state index < -0.39 is 0 Å². The average molecular weight is 222 g/mol. The summed E-state index contributed by atoms with van der Waals surface area (Å²) in [5.41, 5.74) is 0. The Labute approximate surface area is 89.0 Å². The zero-order chi connectivity index (χ0) is 9.68. The van der Waals surface area contributed by atoms with Crippen molar-refractivity contribution < 1.29 is 4.79 Å². The molecule has 0 aromatic carbocycles. The van der Waals surface area contributed by atoms with Crippen molar-refractivity contribution in [2.45, 2.75) is 24.6 Å². The Kier molecular flexibility index (Phi) is 4.96. The molecule has 1 amide bonds. The maximum Gasteiger partial charge on any atom is 0.240 e. The molecule has 13 heavy (non-hydrogen) atoms. The number of likely N-dealkylation sites (tertiary alicyclic amines) is 1. The summed E-state index contributed by atoms with van der Waals surface area (Å²) in [6, 6.07) is 0. The molecule has 1 heterocycles. The first-order valence-corrected chi connectivity index (χ1v) is 6.50. The van der Waals surface area contributed by atoms with E-state index in [1.54, 1.807) is 11.8 Å². The van der Waals surface area contributed by atoms with Gasteiger partial charge in [-0.2, -0.15) is 11.8 Å². The first kappa shape index (κ1) is 11.2. The summed E-state index contributed by atoms with van der Waals surface area (Å²) in [7, 11) is 0. The highest BCUT2D eigenvalue weighted by molar-refractivity contribution is 7.98. The van der Waals surface area contributed by atoms with E-state index in [0.717, 1.165) is 38.1 Å². The number of hydrogen-bond acceptors (Lipinski definition) is 2. The van der Waals surface area contributed by atoms with Crippen LogP contribution in [0, 0.1) is 0 Å². The minimum Gasteiger partial charge on any atom is -0.341 e. The molecule has 0 spiro atoms. The Bertz CT molecular complexity index is 171. The van der Waals surface area contributed by atoms with Gasteiger partial charge in [-0.15, -0.1) is 11.6 Å². The Morgan fingerprint density at radius 3 is 2.69 bits per heavy atom. The van der Waals surface area contributed by atoms with Crippen molar-refractivity contribution in [3.05, 3.63) is 0 Å². The highest BCUT2D eigenvalue weighted by atomic mass is 35.5. The van der Waals surface area contributed by atoms with Gasteiger partial charge in [-0.1, -0.05) is 0 Å². The van der Waals surface area contributed by atoms with Gasteiger partial charge in [0.2, 0.25) is 5.91 Å². The van der Waals surface area contributed by atoms with Crippen molar-refractivity contribution >= 4 is 29.3 Å². The molecule has 0 aliphatic carbocycles. The highest BCUT2D eigenvalue weighted by Crippen LogP contribution is 2.15. The second-order valence-corrected chi connectivity index (χ2v) is 4.79. The normalized spacial score (nSPS) is 19.1. The van der Waals surface area contributed by atoms with Gasteiger partial charge in [-0.3, -0.25) is 4.79 Å². The van der Waals surface area contributed by atoms with Gasteiger partial charge in [-0.25, -0.2) is 0 Å². The van der Waals surface area contributed by atoms with Crippen LogP contribution >= 0.6 is 23.4 Å². The van der Waals surface area contributed by atoms with Crippen molar-refractivity contribution in [2.24, 2.45) is 0 Å². The van der Waals surface area contributed by atoms with Crippen molar-refractivity contribution in [3.8, 4) is 0 Å². The van der Waals surface area contributed by atoms with Crippen LogP contribution in [0.2, 0.25) is 0 Å². The molecule has 0 aromatic heterocycles. The summed E-state index contributed by atoms with van der Waals surface area (Å²) in [4.78, 5) is 13.5. The average Bonchev–Trinajstić information content (AvgIpc) is 2.65. The summed E-state index contributed by atoms with van der Waals surface area (Å²) < 4.78 is 0. The van der Waals surface area contributed by atoms with Crippen LogP contribution in [-0.2, 0) is 4.79 Å². The molecule has 1 atom stereocenters. The molecule has 1 aliphatic heterocycles. The number of alkyl halides is 1. The maximum atomic E-state index is 11.6. The van der Waals surface area contributed by atoms with E-state index in [0.29, 0.717) is 0 Å². The Morgan fingerprint density at radius 2 is 2.15 bits per heavy atom. The minimum atomic E-state index is -0.300. The molecule has 0 radical (unpaired) electrons. The fourth-order valence-corrected chi connectivity index (χ4v) is 2.33. The smallest absolute Gasteiger partial charge is 0.240 e. The highest BCUT2D eigenvalue weighted by Gasteiger charge is 2.23. The van der Waals surface area contributed by atoms with Gasteiger partial charge in [0.1, 0.15) is 5.38 Å². The quantitative estimate of drug-likeness (QED) is 0.677. The molecular weight excluding hydrogens is 206 g/mol. The SMILES string of the molecule is CSCCC(Cl)C(=O)N1CCCC1. The van der Waals surface area contributed by atoms with Gasteiger partial charge < -0.3 is 4.90 Å². The summed E-state index contributed by atoms with van der Waals surface area (Å²) >= 11 is 7.72. The van der Waals surface area contributed by atoms with Crippen molar-refractivity contribution in [1.29, 1.82) is 0 Å². The van der Waals surface area contributed by atoms with Gasteiger partial charge in [0.25, 0.3) is 0 Å². The van der Waals surface area contributed by atoms with Gasteiger partial charge >= 0.3 is 0 Å². The number of nitrogens with zero attached hydrogens (tertiary/aromatic N) is 1. The molecule has 0 bridgehead atoms. The van der Waals surface area contributed by atoms with E-state index in [2.05, 4.69) is 0 Å². The Morgan fingerprint density at radius 1 is 1.54 bits per heavy atom. The number of rotatable bonds is 4. The fourth-order valence-electron chi connectivity index (χ4n) is 1.48. The molecule has 0 aromatic rings. The predicted molar refractivity (Wildman–Crippen MR) is 58.5 cm³/mol. The molecule has 1 rings (SSSR count). The van der Waals surface area contributed by atoms with Gasteiger partial charge in [0.05, 0.1) is 0 Å². The second kappa shape index (κ2) is 5.76. The van der Waals surface area contributed by atoms with Crippen LogP contribution in [0.3, 0.4) is 0 Å². The molecule has 2 nitrogen and oxygen atoms in total. The lowest BCUT2D eigenvalue weighted by Gasteiger charge is -2.18. The molecule has 0 saturated carbocycles. The van der Waals surface area contributed by atoms with Gasteiger partial charge in [0, 0.05) is 13.1 Å². The van der Waals surface area contributed by atoms with E-state index in [1.165, 1.54) is 0 Å². The summed E-state index contributed by atoms with van der Waals surface area (Å²) in [5, 5.41) is -0.300. The minimum absolute atomic E-state index is 0.133. The molecule has 1 fully saturated rings. The van der Waals surface area contributed by atoms with Crippen molar-refractivity contribution in [3.63, 3.8) is 0 Å². The van der Waals surface area contributed by atoms with Crippen LogP contribution in [0.15, 0.2) is 0 Å². The number of halogens is 1.